The quantitative estimate of drug-likeness (QED) is 0.606. The molecule has 2 nitrogen and oxygen atoms in total. The lowest BCUT2D eigenvalue weighted by Crippen LogP contribution is -2.06. The molecule has 0 atom stereocenters. The highest BCUT2D eigenvalue weighted by atomic mass is 32.2. The normalized spacial score (nSPS) is 11.7. The summed E-state index contributed by atoms with van der Waals surface area (Å²) in [4.78, 5) is 10.6. The van der Waals surface area contributed by atoms with E-state index in [9.17, 15) is 26.7 Å². The first kappa shape index (κ1) is 15.7. The van der Waals surface area contributed by atoms with Crippen LogP contribution in [-0.2, 0) is 11.2 Å². The number of ketones is 1. The molecule has 0 saturated heterocycles. The van der Waals surface area contributed by atoms with Crippen molar-refractivity contribution in [2.45, 2.75) is 30.4 Å². The maximum absolute atomic E-state index is 12.3. The summed E-state index contributed by atoms with van der Waals surface area (Å²) in [5.41, 5.74) is -4.45. The van der Waals surface area contributed by atoms with Crippen molar-refractivity contribution in [2.75, 3.05) is 0 Å². The van der Waals surface area contributed by atoms with Crippen LogP contribution in [0.15, 0.2) is 23.1 Å². The first-order chi connectivity index (χ1) is 8.67. The Kier molecular flexibility index (Phi) is 5.16. The Morgan fingerprint density at radius 1 is 1.37 bits per heavy atom. The Balaban J connectivity index is 3.06. The maximum Gasteiger partial charge on any atom is 0.446 e. The van der Waals surface area contributed by atoms with Gasteiger partial charge in [-0.3, -0.25) is 4.79 Å². The SMILES string of the molecule is CC(=O)Cc1ccc(OC(F)F)cc1SC(F)(F)F. The number of halogens is 5. The van der Waals surface area contributed by atoms with E-state index >= 15 is 0 Å². The number of alkyl halides is 5. The molecule has 0 unspecified atom stereocenters. The van der Waals surface area contributed by atoms with E-state index in [0.29, 0.717) is 0 Å². The number of rotatable bonds is 5. The highest BCUT2D eigenvalue weighted by Crippen LogP contribution is 2.40. The van der Waals surface area contributed by atoms with Crippen LogP contribution in [0.3, 0.4) is 0 Å². The second kappa shape index (κ2) is 6.23. The molecule has 0 aliphatic carbocycles. The van der Waals surface area contributed by atoms with Crippen LogP contribution in [0, 0.1) is 0 Å². The number of hydrogen-bond acceptors (Lipinski definition) is 3. The molecule has 0 heterocycles. The van der Waals surface area contributed by atoms with Crippen LogP contribution in [0.2, 0.25) is 0 Å². The van der Waals surface area contributed by atoms with Gasteiger partial charge in [-0.05, 0) is 36.4 Å². The summed E-state index contributed by atoms with van der Waals surface area (Å²) in [5.74, 6) is -0.708. The molecule has 0 saturated carbocycles. The fourth-order valence-corrected chi connectivity index (χ4v) is 2.04. The van der Waals surface area contributed by atoms with Crippen LogP contribution in [0.4, 0.5) is 22.0 Å². The summed E-state index contributed by atoms with van der Waals surface area (Å²) < 4.78 is 65.0. The minimum Gasteiger partial charge on any atom is -0.435 e. The van der Waals surface area contributed by atoms with Crippen LogP contribution < -0.4 is 4.74 Å². The molecule has 0 N–H and O–H groups in total. The van der Waals surface area contributed by atoms with Gasteiger partial charge in [0.2, 0.25) is 0 Å². The lowest BCUT2D eigenvalue weighted by molar-refractivity contribution is -0.116. The minimum atomic E-state index is -4.57. The number of thioether (sulfide) groups is 1. The average Bonchev–Trinajstić information content (AvgIpc) is 2.18. The Labute approximate surface area is 109 Å². The molecule has 0 aliphatic rings. The van der Waals surface area contributed by atoms with Gasteiger partial charge < -0.3 is 4.74 Å². The van der Waals surface area contributed by atoms with E-state index < -0.39 is 23.9 Å². The van der Waals surface area contributed by atoms with Gasteiger partial charge in [0, 0.05) is 11.3 Å². The fourth-order valence-electron chi connectivity index (χ4n) is 1.34. The lowest BCUT2D eigenvalue weighted by atomic mass is 10.1. The zero-order valence-corrected chi connectivity index (χ0v) is 10.4. The number of benzene rings is 1. The summed E-state index contributed by atoms with van der Waals surface area (Å²) in [6.07, 6.45) is -0.201. The second-order valence-electron chi connectivity index (χ2n) is 3.57. The molecule has 0 spiro atoms. The largest absolute Gasteiger partial charge is 0.446 e. The Bertz CT molecular complexity index is 459. The van der Waals surface area contributed by atoms with Gasteiger partial charge in [-0.15, -0.1) is 0 Å². The van der Waals surface area contributed by atoms with Crippen LogP contribution >= 0.6 is 11.8 Å². The van der Waals surface area contributed by atoms with Crippen molar-refractivity contribution in [3.05, 3.63) is 23.8 Å². The Morgan fingerprint density at radius 3 is 2.47 bits per heavy atom. The molecule has 8 heteroatoms. The Hall–Kier alpha value is -1.31. The minimum absolute atomic E-state index is 0.122. The topological polar surface area (TPSA) is 26.3 Å². The molecule has 0 aromatic heterocycles. The smallest absolute Gasteiger partial charge is 0.435 e. The van der Waals surface area contributed by atoms with E-state index in [2.05, 4.69) is 4.74 Å². The zero-order valence-electron chi connectivity index (χ0n) is 9.63. The number of Topliss-reactive ketones (excluding diaryl/α,β-unsaturated/α-hetero) is 1. The fraction of sp³-hybridized carbons (Fsp3) is 0.364. The van der Waals surface area contributed by atoms with E-state index in [-0.39, 0.29) is 28.4 Å². The predicted molar refractivity (Wildman–Crippen MR) is 59.4 cm³/mol. The molecule has 0 amide bonds. The van der Waals surface area contributed by atoms with Crippen LogP contribution in [0.25, 0.3) is 0 Å². The second-order valence-corrected chi connectivity index (χ2v) is 4.68. The van der Waals surface area contributed by atoms with Gasteiger partial charge in [-0.25, -0.2) is 0 Å². The maximum atomic E-state index is 12.3. The predicted octanol–water partition coefficient (Wildman–Crippen LogP) is 4.03. The van der Waals surface area contributed by atoms with Crippen LogP contribution in [0.1, 0.15) is 12.5 Å². The van der Waals surface area contributed by atoms with Gasteiger partial charge in [0.25, 0.3) is 0 Å². The third kappa shape index (κ3) is 5.91. The van der Waals surface area contributed by atoms with E-state index in [1.807, 2.05) is 0 Å². The molecule has 19 heavy (non-hydrogen) atoms. The van der Waals surface area contributed by atoms with Crippen molar-refractivity contribution in [1.29, 1.82) is 0 Å². The van der Waals surface area contributed by atoms with Crippen molar-refractivity contribution < 1.29 is 31.5 Å². The number of carbonyl (C=O) groups is 1. The highest BCUT2D eigenvalue weighted by molar-refractivity contribution is 8.00. The first-order valence-electron chi connectivity index (χ1n) is 5.00. The van der Waals surface area contributed by atoms with E-state index in [4.69, 9.17) is 0 Å². The molecule has 0 aliphatic heterocycles. The van der Waals surface area contributed by atoms with E-state index in [0.717, 1.165) is 12.1 Å². The Morgan fingerprint density at radius 2 is 2.00 bits per heavy atom. The summed E-state index contributed by atoms with van der Waals surface area (Å²) >= 11 is -0.467. The molecular weight excluding hydrogens is 291 g/mol. The van der Waals surface area contributed by atoms with E-state index in [1.54, 1.807) is 0 Å². The average molecular weight is 300 g/mol. The van der Waals surface area contributed by atoms with Crippen molar-refractivity contribution in [3.8, 4) is 5.75 Å². The molecule has 1 aromatic rings. The molecule has 106 valence electrons. The van der Waals surface area contributed by atoms with E-state index in [1.165, 1.54) is 13.0 Å². The number of hydrogen-bond donors (Lipinski definition) is 0. The van der Waals surface area contributed by atoms with Gasteiger partial charge in [0.1, 0.15) is 11.5 Å². The van der Waals surface area contributed by atoms with Crippen molar-refractivity contribution >= 4 is 17.5 Å². The summed E-state index contributed by atoms with van der Waals surface area (Å²) in [6, 6.07) is 3.13. The standard InChI is InChI=1S/C11H9F5O2S/c1-6(17)4-7-2-3-8(18-10(12)13)5-9(7)19-11(14,15)16/h2-3,5,10H,4H2,1H3. The first-order valence-corrected chi connectivity index (χ1v) is 5.82. The van der Waals surface area contributed by atoms with Crippen LogP contribution in [0.5, 0.6) is 5.75 Å². The van der Waals surface area contributed by atoms with Gasteiger partial charge >= 0.3 is 12.1 Å². The molecule has 0 fully saturated rings. The van der Waals surface area contributed by atoms with Gasteiger partial charge in [-0.2, -0.15) is 22.0 Å². The van der Waals surface area contributed by atoms with Gasteiger partial charge in [-0.1, -0.05) is 6.07 Å². The summed E-state index contributed by atoms with van der Waals surface area (Å²) in [7, 11) is 0. The third-order valence-electron chi connectivity index (χ3n) is 1.93. The van der Waals surface area contributed by atoms with Crippen molar-refractivity contribution in [1.82, 2.24) is 0 Å². The third-order valence-corrected chi connectivity index (χ3v) is 2.76. The van der Waals surface area contributed by atoms with Gasteiger partial charge in [0.05, 0.1) is 0 Å². The molecule has 1 rings (SSSR count). The molecule has 0 radical (unpaired) electrons. The zero-order chi connectivity index (χ0) is 14.6. The monoisotopic (exact) mass is 300 g/mol. The van der Waals surface area contributed by atoms with Crippen molar-refractivity contribution in [2.24, 2.45) is 0 Å². The number of ether oxygens (including phenoxy) is 1. The molecule has 0 bridgehead atoms. The highest BCUT2D eigenvalue weighted by Gasteiger charge is 2.30. The molecule has 1 aromatic carbocycles. The molecular formula is C11H9F5O2S. The lowest BCUT2D eigenvalue weighted by Gasteiger charge is -2.12. The van der Waals surface area contributed by atoms with Gasteiger partial charge in [0.15, 0.2) is 0 Å². The van der Waals surface area contributed by atoms with Crippen LogP contribution in [-0.4, -0.2) is 17.9 Å². The summed E-state index contributed by atoms with van der Waals surface area (Å²) in [6.45, 7) is -1.90. The summed E-state index contributed by atoms with van der Waals surface area (Å²) in [5, 5.41) is 0. The number of carbonyl (C=O) groups excluding carboxylic acids is 1. The van der Waals surface area contributed by atoms with Crippen molar-refractivity contribution in [3.63, 3.8) is 0 Å².